The number of ether oxygens (including phenoxy) is 1. The van der Waals surface area contributed by atoms with Gasteiger partial charge in [0.05, 0.1) is 6.26 Å². The number of carbonyl (C=O) groups is 2. The molecule has 0 bridgehead atoms. The van der Waals surface area contributed by atoms with Crippen molar-refractivity contribution in [1.29, 1.82) is 0 Å². The van der Waals surface area contributed by atoms with Gasteiger partial charge in [-0.05, 0) is 55.3 Å². The predicted octanol–water partition coefficient (Wildman–Crippen LogP) is 3.19. The molecule has 2 aromatic carbocycles. The Morgan fingerprint density at radius 3 is 2.30 bits per heavy atom. The highest BCUT2D eigenvalue weighted by molar-refractivity contribution is 7.92. The molecular weight excluding hydrogens is 366 g/mol. The van der Waals surface area contributed by atoms with E-state index in [0.29, 0.717) is 11.3 Å². The summed E-state index contributed by atoms with van der Waals surface area (Å²) in [7, 11) is -3.39. The van der Waals surface area contributed by atoms with Gasteiger partial charge < -0.3 is 4.74 Å². The molecular formula is C20H21NO5S. The lowest BCUT2D eigenvalue weighted by molar-refractivity contribution is -0.140. The molecule has 0 unspecified atom stereocenters. The van der Waals surface area contributed by atoms with Crippen molar-refractivity contribution < 1.29 is 22.7 Å². The highest BCUT2D eigenvalue weighted by Crippen LogP contribution is 2.14. The van der Waals surface area contributed by atoms with Gasteiger partial charge >= 0.3 is 5.97 Å². The molecule has 2 aromatic rings. The predicted molar refractivity (Wildman–Crippen MR) is 105 cm³/mol. The molecule has 27 heavy (non-hydrogen) atoms. The normalized spacial score (nSPS) is 12.6. The van der Waals surface area contributed by atoms with Crippen molar-refractivity contribution in [1.82, 2.24) is 0 Å². The number of ketones is 1. The van der Waals surface area contributed by atoms with Crippen LogP contribution in [0.4, 0.5) is 5.69 Å². The highest BCUT2D eigenvalue weighted by atomic mass is 32.2. The van der Waals surface area contributed by atoms with Crippen LogP contribution in [0.25, 0.3) is 6.08 Å². The average Bonchev–Trinajstić information content (AvgIpc) is 2.59. The Hall–Kier alpha value is -2.93. The third kappa shape index (κ3) is 6.38. The van der Waals surface area contributed by atoms with Gasteiger partial charge in [-0.3, -0.25) is 9.52 Å². The SMILES string of the molecule is Cc1ccccc1/C=C/C(=O)O[C@@H](C)C(=O)c1ccc(NS(C)(=O)=O)cc1. The molecule has 0 heterocycles. The van der Waals surface area contributed by atoms with Crippen LogP contribution in [0.1, 0.15) is 28.4 Å². The monoisotopic (exact) mass is 387 g/mol. The molecule has 142 valence electrons. The molecule has 0 amide bonds. The fourth-order valence-corrected chi connectivity index (χ4v) is 2.91. The number of rotatable bonds is 7. The molecule has 7 heteroatoms. The Bertz CT molecular complexity index is 962. The molecule has 0 aromatic heterocycles. The Morgan fingerprint density at radius 2 is 1.70 bits per heavy atom. The van der Waals surface area contributed by atoms with Crippen LogP contribution >= 0.6 is 0 Å². The van der Waals surface area contributed by atoms with Crippen LogP contribution in [0.5, 0.6) is 0 Å². The summed E-state index contributed by atoms with van der Waals surface area (Å²) in [5.41, 5.74) is 2.58. The topological polar surface area (TPSA) is 89.5 Å². The standard InChI is InChI=1S/C20H21NO5S/c1-14-6-4-5-7-16(14)10-13-19(22)26-15(2)20(23)17-8-11-18(12-9-17)21-27(3,24)25/h4-13,15,21H,1-3H3/b13-10+/t15-/m0/s1. The summed E-state index contributed by atoms with van der Waals surface area (Å²) >= 11 is 0. The minimum absolute atomic E-state index is 0.317. The van der Waals surface area contributed by atoms with E-state index in [1.165, 1.54) is 37.3 Å². The third-order valence-electron chi connectivity index (χ3n) is 3.72. The van der Waals surface area contributed by atoms with Crippen LogP contribution in [0.3, 0.4) is 0 Å². The van der Waals surface area contributed by atoms with E-state index in [0.717, 1.165) is 17.4 Å². The van der Waals surface area contributed by atoms with E-state index in [1.807, 2.05) is 31.2 Å². The van der Waals surface area contributed by atoms with E-state index in [2.05, 4.69) is 4.72 Å². The fourth-order valence-electron chi connectivity index (χ4n) is 2.35. The van der Waals surface area contributed by atoms with Crippen molar-refractivity contribution in [3.8, 4) is 0 Å². The molecule has 0 radical (unpaired) electrons. The zero-order valence-electron chi connectivity index (χ0n) is 15.3. The number of hydrogen-bond donors (Lipinski definition) is 1. The van der Waals surface area contributed by atoms with E-state index in [4.69, 9.17) is 4.74 Å². The second kappa shape index (κ2) is 8.64. The quantitative estimate of drug-likeness (QED) is 0.448. The second-order valence-corrected chi connectivity index (χ2v) is 7.83. The number of sulfonamides is 1. The van der Waals surface area contributed by atoms with Crippen LogP contribution < -0.4 is 4.72 Å². The Morgan fingerprint density at radius 1 is 1.07 bits per heavy atom. The number of carbonyl (C=O) groups excluding carboxylic acids is 2. The van der Waals surface area contributed by atoms with Crippen LogP contribution in [-0.4, -0.2) is 32.5 Å². The van der Waals surface area contributed by atoms with Gasteiger partial charge in [0.25, 0.3) is 0 Å². The van der Waals surface area contributed by atoms with Crippen molar-refractivity contribution in [3.63, 3.8) is 0 Å². The molecule has 0 fully saturated rings. The van der Waals surface area contributed by atoms with Gasteiger partial charge in [0.15, 0.2) is 6.10 Å². The first-order valence-corrected chi connectivity index (χ1v) is 10.1. The van der Waals surface area contributed by atoms with E-state index >= 15 is 0 Å². The molecule has 0 saturated carbocycles. The number of benzene rings is 2. The van der Waals surface area contributed by atoms with Gasteiger partial charge in [0.1, 0.15) is 0 Å². The lowest BCUT2D eigenvalue weighted by Crippen LogP contribution is -2.23. The van der Waals surface area contributed by atoms with Crippen molar-refractivity contribution in [2.75, 3.05) is 11.0 Å². The molecule has 2 rings (SSSR count). The Balaban J connectivity index is 1.98. The maximum atomic E-state index is 12.4. The fraction of sp³-hybridized carbons (Fsp3) is 0.200. The van der Waals surface area contributed by atoms with Crippen molar-refractivity contribution in [3.05, 3.63) is 71.3 Å². The smallest absolute Gasteiger partial charge is 0.331 e. The van der Waals surface area contributed by atoms with Crippen LogP contribution in [0, 0.1) is 6.92 Å². The second-order valence-electron chi connectivity index (χ2n) is 6.08. The maximum Gasteiger partial charge on any atom is 0.331 e. The summed E-state index contributed by atoms with van der Waals surface area (Å²) < 4.78 is 29.8. The van der Waals surface area contributed by atoms with E-state index < -0.39 is 22.1 Å². The summed E-state index contributed by atoms with van der Waals surface area (Å²) in [6.45, 7) is 3.42. The molecule has 0 aliphatic rings. The minimum atomic E-state index is -3.39. The van der Waals surface area contributed by atoms with Crippen molar-refractivity contribution in [2.24, 2.45) is 0 Å². The number of anilines is 1. The molecule has 0 spiro atoms. The van der Waals surface area contributed by atoms with Crippen molar-refractivity contribution in [2.45, 2.75) is 20.0 Å². The first kappa shape index (κ1) is 20.4. The van der Waals surface area contributed by atoms with Gasteiger partial charge in [-0.1, -0.05) is 24.3 Å². The molecule has 6 nitrogen and oxygen atoms in total. The average molecular weight is 387 g/mol. The van der Waals surface area contributed by atoms with Crippen LogP contribution in [0.15, 0.2) is 54.6 Å². The minimum Gasteiger partial charge on any atom is -0.451 e. The van der Waals surface area contributed by atoms with Crippen LogP contribution in [-0.2, 0) is 19.6 Å². The van der Waals surface area contributed by atoms with Gasteiger partial charge in [-0.15, -0.1) is 0 Å². The Kier molecular flexibility index (Phi) is 6.52. The maximum absolute atomic E-state index is 12.4. The third-order valence-corrected chi connectivity index (χ3v) is 4.33. The summed E-state index contributed by atoms with van der Waals surface area (Å²) in [4.78, 5) is 24.3. The van der Waals surface area contributed by atoms with Crippen LogP contribution in [0.2, 0.25) is 0 Å². The van der Waals surface area contributed by atoms with E-state index in [-0.39, 0.29) is 5.78 Å². The highest BCUT2D eigenvalue weighted by Gasteiger charge is 2.18. The van der Waals surface area contributed by atoms with E-state index in [9.17, 15) is 18.0 Å². The zero-order valence-corrected chi connectivity index (χ0v) is 16.1. The van der Waals surface area contributed by atoms with Gasteiger partial charge in [-0.2, -0.15) is 0 Å². The molecule has 0 aliphatic carbocycles. The first-order chi connectivity index (χ1) is 12.7. The number of hydrogen-bond acceptors (Lipinski definition) is 5. The molecule has 1 N–H and O–H groups in total. The van der Waals surface area contributed by atoms with Crippen molar-refractivity contribution >= 4 is 33.5 Å². The lowest BCUT2D eigenvalue weighted by atomic mass is 10.1. The summed E-state index contributed by atoms with van der Waals surface area (Å²) in [5.74, 6) is -0.993. The number of esters is 1. The summed E-state index contributed by atoms with van der Waals surface area (Å²) in [5, 5.41) is 0. The van der Waals surface area contributed by atoms with E-state index in [1.54, 1.807) is 6.08 Å². The lowest BCUT2D eigenvalue weighted by Gasteiger charge is -2.11. The molecule has 0 aliphatic heterocycles. The largest absolute Gasteiger partial charge is 0.451 e. The zero-order chi connectivity index (χ0) is 20.0. The van der Waals surface area contributed by atoms with Gasteiger partial charge in [-0.25, -0.2) is 13.2 Å². The first-order valence-electron chi connectivity index (χ1n) is 8.22. The summed E-state index contributed by atoms with van der Waals surface area (Å²) in [6, 6.07) is 13.5. The molecule has 1 atom stereocenters. The Labute approximate surface area is 158 Å². The van der Waals surface area contributed by atoms with Gasteiger partial charge in [0, 0.05) is 17.3 Å². The number of Topliss-reactive ketones (excluding diaryl/α,β-unsaturated/α-hetero) is 1. The number of nitrogens with one attached hydrogen (secondary N) is 1. The molecule has 0 saturated heterocycles. The summed E-state index contributed by atoms with van der Waals surface area (Å²) in [6.07, 6.45) is 3.00. The number of aryl methyl sites for hydroxylation is 1. The van der Waals surface area contributed by atoms with Gasteiger partial charge in [0.2, 0.25) is 15.8 Å².